The third-order valence-corrected chi connectivity index (χ3v) is 2.66. The quantitative estimate of drug-likeness (QED) is 0.790. The molecule has 3 heteroatoms. The molecule has 0 aromatic heterocycles. The summed E-state index contributed by atoms with van der Waals surface area (Å²) >= 11 is 0. The first-order valence-electron chi connectivity index (χ1n) is 5.79. The highest BCUT2D eigenvalue weighted by Crippen LogP contribution is 2.14. The molecule has 3 nitrogen and oxygen atoms in total. The summed E-state index contributed by atoms with van der Waals surface area (Å²) in [6.07, 6.45) is 1.72. The zero-order valence-corrected chi connectivity index (χ0v) is 10.5. The molecular formula is C14H20N2O. The minimum Gasteiger partial charge on any atom is -0.335 e. The molecule has 1 rings (SSSR count). The van der Waals surface area contributed by atoms with Gasteiger partial charge < -0.3 is 10.6 Å². The van der Waals surface area contributed by atoms with E-state index in [4.69, 9.17) is 5.73 Å². The number of rotatable bonds is 5. The van der Waals surface area contributed by atoms with Gasteiger partial charge in [-0.3, -0.25) is 4.79 Å². The summed E-state index contributed by atoms with van der Waals surface area (Å²) in [5, 5.41) is 0. The Morgan fingerprint density at radius 2 is 2.00 bits per heavy atom. The summed E-state index contributed by atoms with van der Waals surface area (Å²) in [6, 6.07) is 8.94. The summed E-state index contributed by atoms with van der Waals surface area (Å²) in [6.45, 7) is 8.13. The average Bonchev–Trinajstić information content (AvgIpc) is 2.35. The molecule has 0 aliphatic carbocycles. The Morgan fingerprint density at radius 3 is 2.47 bits per heavy atom. The van der Waals surface area contributed by atoms with Crippen LogP contribution in [0.25, 0.3) is 0 Å². The summed E-state index contributed by atoms with van der Waals surface area (Å²) in [4.78, 5) is 14.0. The van der Waals surface area contributed by atoms with E-state index in [2.05, 4.69) is 6.58 Å². The van der Waals surface area contributed by atoms with Crippen LogP contribution in [0.3, 0.4) is 0 Å². The van der Waals surface area contributed by atoms with E-state index in [1.807, 2.05) is 44.2 Å². The second-order valence-corrected chi connectivity index (χ2v) is 4.26. The second-order valence-electron chi connectivity index (χ2n) is 4.26. The smallest absolute Gasteiger partial charge is 0.244 e. The van der Waals surface area contributed by atoms with Crippen molar-refractivity contribution in [2.45, 2.75) is 25.9 Å². The number of nitrogens with two attached hydrogens (primary N) is 1. The first kappa shape index (κ1) is 13.5. The first-order chi connectivity index (χ1) is 8.07. The highest BCUT2D eigenvalue weighted by atomic mass is 16.2. The molecule has 92 valence electrons. The molecule has 0 saturated carbocycles. The summed E-state index contributed by atoms with van der Waals surface area (Å²) in [5.41, 5.74) is 6.82. The van der Waals surface area contributed by atoms with Crippen LogP contribution in [0, 0.1) is 0 Å². The summed E-state index contributed by atoms with van der Waals surface area (Å²) < 4.78 is 0. The molecule has 0 heterocycles. The first-order valence-corrected chi connectivity index (χ1v) is 5.79. The molecule has 0 bridgehead atoms. The number of benzene rings is 1. The van der Waals surface area contributed by atoms with Gasteiger partial charge in [0, 0.05) is 12.6 Å². The van der Waals surface area contributed by atoms with Gasteiger partial charge in [0.2, 0.25) is 5.91 Å². The van der Waals surface area contributed by atoms with Crippen LogP contribution < -0.4 is 5.73 Å². The van der Waals surface area contributed by atoms with Crippen molar-refractivity contribution in [3.05, 3.63) is 48.6 Å². The monoisotopic (exact) mass is 232 g/mol. The van der Waals surface area contributed by atoms with Gasteiger partial charge in [0.25, 0.3) is 0 Å². The molecule has 0 fully saturated rings. The van der Waals surface area contributed by atoms with Crippen molar-refractivity contribution < 1.29 is 4.79 Å². The molecule has 2 N–H and O–H groups in total. The maximum atomic E-state index is 12.2. The Kier molecular flexibility index (Phi) is 4.91. The van der Waals surface area contributed by atoms with Gasteiger partial charge in [-0.1, -0.05) is 36.4 Å². The van der Waals surface area contributed by atoms with E-state index >= 15 is 0 Å². The van der Waals surface area contributed by atoms with Gasteiger partial charge in [-0.2, -0.15) is 0 Å². The van der Waals surface area contributed by atoms with Crippen molar-refractivity contribution in [1.82, 2.24) is 4.90 Å². The zero-order valence-electron chi connectivity index (χ0n) is 10.5. The van der Waals surface area contributed by atoms with E-state index in [0.29, 0.717) is 6.54 Å². The van der Waals surface area contributed by atoms with Gasteiger partial charge in [0.15, 0.2) is 0 Å². The lowest BCUT2D eigenvalue weighted by atomic mass is 10.1. The fourth-order valence-electron chi connectivity index (χ4n) is 1.68. The number of amides is 1. The van der Waals surface area contributed by atoms with Crippen molar-refractivity contribution in [2.75, 3.05) is 6.54 Å². The Balaban J connectivity index is 2.84. The normalized spacial score (nSPS) is 12.2. The Labute approximate surface area is 103 Å². The van der Waals surface area contributed by atoms with Crippen molar-refractivity contribution >= 4 is 5.91 Å². The summed E-state index contributed by atoms with van der Waals surface area (Å²) in [7, 11) is 0. The molecule has 0 aliphatic rings. The van der Waals surface area contributed by atoms with Gasteiger partial charge >= 0.3 is 0 Å². The largest absolute Gasteiger partial charge is 0.335 e. The molecule has 1 atom stereocenters. The maximum absolute atomic E-state index is 12.2. The predicted octanol–water partition coefficient (Wildman–Crippen LogP) is 2.11. The molecular weight excluding hydrogens is 212 g/mol. The van der Waals surface area contributed by atoms with Crippen LogP contribution in [0.2, 0.25) is 0 Å². The number of hydrogen-bond acceptors (Lipinski definition) is 2. The van der Waals surface area contributed by atoms with Gasteiger partial charge in [-0.05, 0) is 19.4 Å². The highest BCUT2D eigenvalue weighted by Gasteiger charge is 2.23. The van der Waals surface area contributed by atoms with E-state index in [1.54, 1.807) is 11.0 Å². The number of carbonyl (C=O) groups excluding carboxylic acids is 1. The van der Waals surface area contributed by atoms with E-state index in [0.717, 1.165) is 5.56 Å². The fourth-order valence-corrected chi connectivity index (χ4v) is 1.68. The number of nitrogens with zero attached hydrogens (tertiary/aromatic N) is 1. The third kappa shape index (κ3) is 3.43. The Morgan fingerprint density at radius 1 is 1.41 bits per heavy atom. The van der Waals surface area contributed by atoms with Gasteiger partial charge in [0.1, 0.15) is 6.04 Å². The Hall–Kier alpha value is -1.61. The maximum Gasteiger partial charge on any atom is 0.244 e. The standard InChI is InChI=1S/C14H20N2O/c1-4-10-16(11(2)3)14(17)13(15)12-8-6-5-7-9-12/h4-9,11,13H,1,10,15H2,2-3H3/t13-/m1/s1. The van der Waals surface area contributed by atoms with Crippen molar-refractivity contribution in [1.29, 1.82) is 0 Å². The molecule has 0 aliphatic heterocycles. The van der Waals surface area contributed by atoms with E-state index < -0.39 is 6.04 Å². The van der Waals surface area contributed by atoms with E-state index in [9.17, 15) is 4.79 Å². The molecule has 17 heavy (non-hydrogen) atoms. The molecule has 1 aromatic carbocycles. The summed E-state index contributed by atoms with van der Waals surface area (Å²) in [5.74, 6) is -0.0638. The van der Waals surface area contributed by atoms with Crippen molar-refractivity contribution in [2.24, 2.45) is 5.73 Å². The average molecular weight is 232 g/mol. The highest BCUT2D eigenvalue weighted by molar-refractivity contribution is 5.83. The van der Waals surface area contributed by atoms with Crippen LogP contribution in [0.1, 0.15) is 25.5 Å². The minimum atomic E-state index is -0.599. The zero-order chi connectivity index (χ0) is 12.8. The SMILES string of the molecule is C=CCN(C(=O)[C@H](N)c1ccccc1)C(C)C. The molecule has 0 spiro atoms. The van der Waals surface area contributed by atoms with Crippen LogP contribution >= 0.6 is 0 Å². The van der Waals surface area contributed by atoms with Crippen LogP contribution in [-0.4, -0.2) is 23.4 Å². The van der Waals surface area contributed by atoms with Crippen molar-refractivity contribution in [3.63, 3.8) is 0 Å². The lowest BCUT2D eigenvalue weighted by molar-refractivity contribution is -0.133. The van der Waals surface area contributed by atoms with Crippen LogP contribution in [0.15, 0.2) is 43.0 Å². The van der Waals surface area contributed by atoms with Crippen LogP contribution in [0.5, 0.6) is 0 Å². The molecule has 0 saturated heterocycles. The lowest BCUT2D eigenvalue weighted by Crippen LogP contribution is -2.42. The molecule has 1 amide bonds. The fraction of sp³-hybridized carbons (Fsp3) is 0.357. The lowest BCUT2D eigenvalue weighted by Gasteiger charge is -2.28. The second kappa shape index (κ2) is 6.21. The molecule has 0 unspecified atom stereocenters. The third-order valence-electron chi connectivity index (χ3n) is 2.66. The van der Waals surface area contributed by atoms with Crippen LogP contribution in [0.4, 0.5) is 0 Å². The minimum absolute atomic E-state index is 0.0638. The number of carbonyl (C=O) groups is 1. The van der Waals surface area contributed by atoms with Crippen LogP contribution in [-0.2, 0) is 4.79 Å². The Bertz CT molecular complexity index is 373. The molecule has 1 aromatic rings. The van der Waals surface area contributed by atoms with Gasteiger partial charge in [-0.25, -0.2) is 0 Å². The van der Waals surface area contributed by atoms with E-state index in [-0.39, 0.29) is 11.9 Å². The topological polar surface area (TPSA) is 46.3 Å². The predicted molar refractivity (Wildman–Crippen MR) is 70.4 cm³/mol. The van der Waals surface area contributed by atoms with Gasteiger partial charge in [0.05, 0.1) is 0 Å². The van der Waals surface area contributed by atoms with E-state index in [1.165, 1.54) is 0 Å². The van der Waals surface area contributed by atoms with Crippen molar-refractivity contribution in [3.8, 4) is 0 Å². The number of hydrogen-bond donors (Lipinski definition) is 1. The molecule has 0 radical (unpaired) electrons. The van der Waals surface area contributed by atoms with Gasteiger partial charge in [-0.15, -0.1) is 6.58 Å².